The maximum Gasteiger partial charge on any atom is 0.153 e. The molecule has 6 rings (SSSR count). The van der Waals surface area contributed by atoms with Gasteiger partial charge in [0.1, 0.15) is 5.82 Å². The zero-order chi connectivity index (χ0) is 22.4. The number of fused-ring (bicyclic) bond motifs is 2. The molecule has 7 nitrogen and oxygen atoms in total. The quantitative estimate of drug-likeness (QED) is 0.420. The Morgan fingerprint density at radius 3 is 2.82 bits per heavy atom. The third kappa shape index (κ3) is 3.76. The molecule has 4 aromatic heterocycles. The van der Waals surface area contributed by atoms with E-state index in [1.807, 2.05) is 36.5 Å². The molecule has 1 aliphatic rings. The number of imidazole rings is 1. The van der Waals surface area contributed by atoms with Crippen molar-refractivity contribution in [3.8, 4) is 11.3 Å². The predicted octanol–water partition coefficient (Wildman–Crippen LogP) is 4.14. The Morgan fingerprint density at radius 2 is 1.94 bits per heavy atom. The number of piperidine rings is 1. The van der Waals surface area contributed by atoms with Crippen molar-refractivity contribution in [3.63, 3.8) is 0 Å². The van der Waals surface area contributed by atoms with Crippen LogP contribution in [0.25, 0.3) is 27.8 Å². The predicted molar refractivity (Wildman–Crippen MR) is 124 cm³/mol. The molecule has 0 amide bonds. The first-order chi connectivity index (χ1) is 16.1. The lowest BCUT2D eigenvalue weighted by Crippen LogP contribution is -2.31. The number of hydrogen-bond acceptors (Lipinski definition) is 5. The highest BCUT2D eigenvalue weighted by Crippen LogP contribution is 2.25. The second-order valence-corrected chi connectivity index (χ2v) is 8.80. The molecule has 0 spiro atoms. The second kappa shape index (κ2) is 8.04. The van der Waals surface area contributed by atoms with E-state index in [4.69, 9.17) is 5.10 Å². The Hall–Kier alpha value is -3.65. The molecule has 1 aromatic carbocycles. The SMILES string of the molecule is CN1CCC(n2cc(-c3ccc4ncc(Cc5cc6cccnc6cc5F)n4n3)cn2)CC1. The highest BCUT2D eigenvalue weighted by Gasteiger charge is 2.19. The number of benzene rings is 1. The summed E-state index contributed by atoms with van der Waals surface area (Å²) in [6, 6.07) is 11.5. The molecule has 5 heterocycles. The van der Waals surface area contributed by atoms with Crippen LogP contribution in [0.15, 0.2) is 61.2 Å². The molecule has 0 saturated carbocycles. The van der Waals surface area contributed by atoms with Gasteiger partial charge in [0.25, 0.3) is 0 Å². The zero-order valence-electron chi connectivity index (χ0n) is 18.4. The first kappa shape index (κ1) is 20.0. The van der Waals surface area contributed by atoms with Crippen LogP contribution in [-0.4, -0.2) is 54.4 Å². The van der Waals surface area contributed by atoms with Crippen molar-refractivity contribution in [3.05, 3.63) is 78.3 Å². The van der Waals surface area contributed by atoms with E-state index < -0.39 is 0 Å². The molecule has 1 aliphatic heterocycles. The van der Waals surface area contributed by atoms with Gasteiger partial charge < -0.3 is 4.90 Å². The Kier molecular flexibility index (Phi) is 4.87. The fourth-order valence-corrected chi connectivity index (χ4v) is 4.60. The van der Waals surface area contributed by atoms with E-state index in [0.29, 0.717) is 23.5 Å². The number of pyridine rings is 1. The van der Waals surface area contributed by atoms with Crippen LogP contribution in [-0.2, 0) is 6.42 Å². The van der Waals surface area contributed by atoms with E-state index in [2.05, 4.69) is 37.9 Å². The van der Waals surface area contributed by atoms with Gasteiger partial charge in [0, 0.05) is 35.8 Å². The summed E-state index contributed by atoms with van der Waals surface area (Å²) < 4.78 is 18.6. The molecule has 1 fully saturated rings. The lowest BCUT2D eigenvalue weighted by molar-refractivity contribution is 0.212. The fraction of sp³-hybridized carbons (Fsp3) is 0.280. The summed E-state index contributed by atoms with van der Waals surface area (Å²) in [5.41, 5.74) is 4.61. The number of rotatable bonds is 4. The van der Waals surface area contributed by atoms with Crippen molar-refractivity contribution in [1.29, 1.82) is 0 Å². The molecule has 0 unspecified atom stereocenters. The van der Waals surface area contributed by atoms with Gasteiger partial charge in [-0.25, -0.2) is 13.9 Å². The van der Waals surface area contributed by atoms with E-state index >= 15 is 0 Å². The van der Waals surface area contributed by atoms with Gasteiger partial charge in [-0.1, -0.05) is 6.07 Å². The summed E-state index contributed by atoms with van der Waals surface area (Å²) in [6.07, 6.45) is 9.98. The van der Waals surface area contributed by atoms with Crippen molar-refractivity contribution < 1.29 is 4.39 Å². The Labute approximate surface area is 190 Å². The molecule has 1 saturated heterocycles. The smallest absolute Gasteiger partial charge is 0.153 e. The minimum Gasteiger partial charge on any atom is -0.306 e. The minimum absolute atomic E-state index is 0.272. The van der Waals surface area contributed by atoms with E-state index in [1.165, 1.54) is 6.07 Å². The van der Waals surface area contributed by atoms with Crippen LogP contribution in [0.3, 0.4) is 0 Å². The van der Waals surface area contributed by atoms with Gasteiger partial charge >= 0.3 is 0 Å². The molecule has 5 aromatic rings. The van der Waals surface area contributed by atoms with E-state index in [0.717, 1.165) is 53.9 Å². The van der Waals surface area contributed by atoms with Gasteiger partial charge in [0.2, 0.25) is 0 Å². The summed E-state index contributed by atoms with van der Waals surface area (Å²) in [6.45, 7) is 2.17. The number of aromatic nitrogens is 6. The molecule has 33 heavy (non-hydrogen) atoms. The largest absolute Gasteiger partial charge is 0.306 e. The van der Waals surface area contributed by atoms with Crippen molar-refractivity contribution in [1.82, 2.24) is 34.3 Å². The van der Waals surface area contributed by atoms with Crippen molar-refractivity contribution in [2.45, 2.75) is 25.3 Å². The van der Waals surface area contributed by atoms with Crippen LogP contribution < -0.4 is 0 Å². The molecule has 0 radical (unpaired) electrons. The molecule has 0 bridgehead atoms. The Morgan fingerprint density at radius 1 is 1.06 bits per heavy atom. The maximum atomic E-state index is 14.8. The summed E-state index contributed by atoms with van der Waals surface area (Å²) in [7, 11) is 2.16. The lowest BCUT2D eigenvalue weighted by atomic mass is 10.1. The van der Waals surface area contributed by atoms with Crippen LogP contribution in [0, 0.1) is 5.82 Å². The summed E-state index contributed by atoms with van der Waals surface area (Å²) in [5, 5.41) is 10.4. The molecule has 0 atom stereocenters. The first-order valence-corrected chi connectivity index (χ1v) is 11.2. The number of halogens is 1. The van der Waals surface area contributed by atoms with Crippen molar-refractivity contribution in [2.75, 3.05) is 20.1 Å². The second-order valence-electron chi connectivity index (χ2n) is 8.80. The van der Waals surface area contributed by atoms with Crippen LogP contribution in [0.2, 0.25) is 0 Å². The zero-order valence-corrected chi connectivity index (χ0v) is 18.4. The van der Waals surface area contributed by atoms with Crippen LogP contribution >= 0.6 is 0 Å². The average Bonchev–Trinajstić information content (AvgIpc) is 3.47. The van der Waals surface area contributed by atoms with Crippen molar-refractivity contribution >= 4 is 16.6 Å². The third-order valence-corrected chi connectivity index (χ3v) is 6.54. The van der Waals surface area contributed by atoms with E-state index in [9.17, 15) is 4.39 Å². The standard InChI is InChI=1S/C25H24FN7/c1-31-9-6-20(7-10-31)32-16-19(14-29-32)23-4-5-25-28-15-21(33(25)30-23)12-18-11-17-3-2-8-27-24(17)13-22(18)26/h2-5,8,11,13-16,20H,6-7,9-10,12H2,1H3. The molecule has 8 heteroatoms. The Balaban J connectivity index is 1.31. The molecular formula is C25H24FN7. The monoisotopic (exact) mass is 441 g/mol. The molecule has 166 valence electrons. The summed E-state index contributed by atoms with van der Waals surface area (Å²) >= 11 is 0. The van der Waals surface area contributed by atoms with Gasteiger partial charge in [0.15, 0.2) is 5.65 Å². The first-order valence-electron chi connectivity index (χ1n) is 11.2. The molecule has 0 N–H and O–H groups in total. The Bertz CT molecular complexity index is 1450. The fourth-order valence-electron chi connectivity index (χ4n) is 4.60. The minimum atomic E-state index is -0.272. The molecular weight excluding hydrogens is 417 g/mol. The normalized spacial score (nSPS) is 15.6. The number of likely N-dealkylation sites (tertiary alicyclic amines) is 1. The molecule has 0 aliphatic carbocycles. The number of nitrogens with zero attached hydrogens (tertiary/aromatic N) is 7. The topological polar surface area (TPSA) is 64.1 Å². The van der Waals surface area contributed by atoms with Crippen LogP contribution in [0.4, 0.5) is 4.39 Å². The average molecular weight is 442 g/mol. The highest BCUT2D eigenvalue weighted by atomic mass is 19.1. The van der Waals surface area contributed by atoms with Crippen molar-refractivity contribution in [2.24, 2.45) is 0 Å². The summed E-state index contributed by atoms with van der Waals surface area (Å²) in [4.78, 5) is 11.1. The van der Waals surface area contributed by atoms with Crippen LogP contribution in [0.1, 0.15) is 30.1 Å². The third-order valence-electron chi connectivity index (χ3n) is 6.54. The van der Waals surface area contributed by atoms with Gasteiger partial charge in [-0.05, 0) is 62.8 Å². The van der Waals surface area contributed by atoms with Crippen LogP contribution in [0.5, 0.6) is 0 Å². The highest BCUT2D eigenvalue weighted by molar-refractivity contribution is 5.79. The van der Waals surface area contributed by atoms with E-state index in [1.54, 1.807) is 16.9 Å². The maximum absolute atomic E-state index is 14.8. The van der Waals surface area contributed by atoms with Gasteiger partial charge in [-0.3, -0.25) is 9.67 Å². The van der Waals surface area contributed by atoms with Gasteiger partial charge in [-0.2, -0.15) is 10.2 Å². The van der Waals surface area contributed by atoms with Gasteiger partial charge in [-0.15, -0.1) is 0 Å². The van der Waals surface area contributed by atoms with E-state index in [-0.39, 0.29) is 5.82 Å². The lowest BCUT2D eigenvalue weighted by Gasteiger charge is -2.28. The van der Waals surface area contributed by atoms with Gasteiger partial charge in [0.05, 0.1) is 35.3 Å². The summed E-state index contributed by atoms with van der Waals surface area (Å²) in [5.74, 6) is -0.272. The number of hydrogen-bond donors (Lipinski definition) is 0.